The number of carbonyl (C=O) groups excluding carboxylic acids is 1. The van der Waals surface area contributed by atoms with Gasteiger partial charge < -0.3 is 6.74 Å². The van der Waals surface area contributed by atoms with Gasteiger partial charge in [-0.15, -0.1) is 0 Å². The maximum absolute atomic E-state index is 9.29. The van der Waals surface area contributed by atoms with Crippen LogP contribution in [0.1, 0.15) is 8.35 Å². The van der Waals surface area contributed by atoms with Crippen LogP contribution in [-0.4, -0.2) is 13.0 Å². The monoisotopic (exact) mass is 81.1 g/mol. The van der Waals surface area contributed by atoms with E-state index in [-0.39, 0.29) is 20.3 Å². The van der Waals surface area contributed by atoms with Crippen LogP contribution in [0.15, 0.2) is 0 Å². The third-order valence-electron chi connectivity index (χ3n) is 0.287. The van der Waals surface area contributed by atoms with E-state index in [9.17, 15) is 4.79 Å². The van der Waals surface area contributed by atoms with Crippen molar-refractivity contribution in [3.8, 4) is 0 Å². The minimum Gasteiger partial charge on any atom is -1.00 e. The van der Waals surface area contributed by atoms with E-state index in [4.69, 9.17) is 0 Å². The van der Waals surface area contributed by atoms with Crippen LogP contribution in [0.5, 0.6) is 0 Å². The van der Waals surface area contributed by atoms with Crippen molar-refractivity contribution < 1.29 is 25.1 Å². The molecule has 1 amide bonds. The fourth-order valence-corrected chi connectivity index (χ4v) is 0.0833. The van der Waals surface area contributed by atoms with Gasteiger partial charge in [-0.2, -0.15) is 0 Å². The van der Waals surface area contributed by atoms with Crippen LogP contribution in [0.4, 0.5) is 0 Å². The molecule has 0 atom stereocenters. The molecule has 0 aromatic carbocycles. The summed E-state index contributed by atoms with van der Waals surface area (Å²) in [6, 6.07) is 0. The first kappa shape index (κ1) is 9.42. The zero-order chi connectivity index (χ0) is 4.12. The summed E-state index contributed by atoms with van der Waals surface area (Å²) in [7, 11) is 0. The van der Waals surface area contributed by atoms with Gasteiger partial charge in [0.25, 0.3) is 0 Å². The first-order chi connectivity index (χ1) is 2.41. The van der Waals surface area contributed by atoms with Crippen LogP contribution in [0, 0.1) is 0 Å². The molecular weight excluding hydrogens is 73.0 g/mol. The van der Waals surface area contributed by atoms with Crippen molar-refractivity contribution in [2.45, 2.75) is 6.92 Å². The SMILES string of the molecule is CCNC=O.[H-].[Li+]. The smallest absolute Gasteiger partial charge is 1.00 e. The Balaban J connectivity index is -0.0000000800. The molecule has 6 heavy (non-hydrogen) atoms. The number of nitrogens with one attached hydrogen (secondary N) is 1. The van der Waals surface area contributed by atoms with Crippen molar-refractivity contribution in [1.82, 2.24) is 5.32 Å². The predicted molar refractivity (Wildman–Crippen MR) is 20.9 cm³/mol. The molecule has 0 aliphatic rings. The molecule has 2 nitrogen and oxygen atoms in total. The Labute approximate surface area is 51.0 Å². The van der Waals surface area contributed by atoms with E-state index in [1.807, 2.05) is 6.92 Å². The van der Waals surface area contributed by atoms with Crippen LogP contribution in [0.3, 0.4) is 0 Å². The standard InChI is InChI=1S/C3H7NO.Li.H/c1-2-4-3-5;;/h3H,2H2,1H3,(H,4,5);;/q;+1;-1. The van der Waals surface area contributed by atoms with Crippen molar-refractivity contribution in [3.05, 3.63) is 0 Å². The van der Waals surface area contributed by atoms with Crippen LogP contribution >= 0.6 is 0 Å². The normalized spacial score (nSPS) is 5.50. The van der Waals surface area contributed by atoms with E-state index < -0.39 is 0 Å². The molecule has 0 heterocycles. The average molecular weight is 81.0 g/mol. The second kappa shape index (κ2) is 8.91. The minimum atomic E-state index is 0. The summed E-state index contributed by atoms with van der Waals surface area (Å²) in [5, 5.41) is 2.43. The molecule has 0 rings (SSSR count). The summed E-state index contributed by atoms with van der Waals surface area (Å²) in [6.45, 7) is 2.60. The van der Waals surface area contributed by atoms with Crippen LogP contribution < -0.4 is 24.2 Å². The zero-order valence-electron chi connectivity index (χ0n) is 5.19. The summed E-state index contributed by atoms with van der Waals surface area (Å²) < 4.78 is 0. The van der Waals surface area contributed by atoms with Crippen LogP contribution in [0.25, 0.3) is 0 Å². The Bertz CT molecular complexity index is 36.1. The van der Waals surface area contributed by atoms with Gasteiger partial charge in [0.15, 0.2) is 0 Å². The van der Waals surface area contributed by atoms with Gasteiger partial charge in [0.05, 0.1) is 0 Å². The molecule has 0 aliphatic heterocycles. The summed E-state index contributed by atoms with van der Waals surface area (Å²) >= 11 is 0. The zero-order valence-corrected chi connectivity index (χ0v) is 4.19. The van der Waals surface area contributed by atoms with E-state index in [1.54, 1.807) is 0 Å². The predicted octanol–water partition coefficient (Wildman–Crippen LogP) is -3.13. The van der Waals surface area contributed by atoms with E-state index in [0.29, 0.717) is 6.41 Å². The van der Waals surface area contributed by atoms with Gasteiger partial charge in [-0.3, -0.25) is 4.79 Å². The first-order valence-corrected chi connectivity index (χ1v) is 1.59. The molecular formula is C3H8LiNO. The Morgan fingerprint density at radius 1 is 2.00 bits per heavy atom. The second-order valence-corrected chi connectivity index (χ2v) is 0.676. The Kier molecular flexibility index (Phi) is 14.0. The average Bonchev–Trinajstić information content (AvgIpc) is 1.41. The van der Waals surface area contributed by atoms with Crippen molar-refractivity contribution >= 4 is 6.41 Å². The molecule has 0 unspecified atom stereocenters. The quantitative estimate of drug-likeness (QED) is 0.276. The fraction of sp³-hybridized carbons (Fsp3) is 0.667. The molecule has 0 aliphatic carbocycles. The molecule has 0 bridgehead atoms. The molecule has 0 saturated carbocycles. The molecule has 0 aromatic rings. The summed E-state index contributed by atoms with van der Waals surface area (Å²) in [5.74, 6) is 0. The Hall–Kier alpha value is 0.0674. The topological polar surface area (TPSA) is 29.1 Å². The molecule has 0 radical (unpaired) electrons. The van der Waals surface area contributed by atoms with E-state index in [2.05, 4.69) is 5.32 Å². The molecule has 32 valence electrons. The van der Waals surface area contributed by atoms with Gasteiger partial charge in [-0.25, -0.2) is 0 Å². The fourth-order valence-electron chi connectivity index (χ4n) is 0.0833. The number of carbonyl (C=O) groups is 1. The third-order valence-corrected chi connectivity index (χ3v) is 0.287. The van der Waals surface area contributed by atoms with Crippen LogP contribution in [-0.2, 0) is 4.79 Å². The largest absolute Gasteiger partial charge is 1.00 e. The summed E-state index contributed by atoms with van der Waals surface area (Å²) in [4.78, 5) is 9.29. The third kappa shape index (κ3) is 8.95. The van der Waals surface area contributed by atoms with E-state index in [1.165, 1.54) is 0 Å². The maximum atomic E-state index is 9.29. The second-order valence-electron chi connectivity index (χ2n) is 0.676. The van der Waals surface area contributed by atoms with E-state index >= 15 is 0 Å². The van der Waals surface area contributed by atoms with Gasteiger partial charge in [-0.05, 0) is 6.92 Å². The Morgan fingerprint density at radius 3 is 2.50 bits per heavy atom. The number of rotatable bonds is 2. The number of hydrogen-bond acceptors (Lipinski definition) is 1. The summed E-state index contributed by atoms with van der Waals surface area (Å²) in [6.07, 6.45) is 0.681. The molecule has 0 spiro atoms. The van der Waals surface area contributed by atoms with Gasteiger partial charge >= 0.3 is 18.9 Å². The van der Waals surface area contributed by atoms with Crippen molar-refractivity contribution in [2.75, 3.05) is 6.54 Å². The number of amides is 1. The molecule has 3 heteroatoms. The maximum Gasteiger partial charge on any atom is 1.00 e. The van der Waals surface area contributed by atoms with Crippen molar-refractivity contribution in [1.29, 1.82) is 0 Å². The van der Waals surface area contributed by atoms with Gasteiger partial charge in [-0.1, -0.05) is 0 Å². The van der Waals surface area contributed by atoms with Gasteiger partial charge in [0.1, 0.15) is 0 Å². The van der Waals surface area contributed by atoms with Gasteiger partial charge in [0.2, 0.25) is 6.41 Å². The number of hydrogen-bond donors (Lipinski definition) is 1. The molecule has 0 aromatic heterocycles. The molecule has 0 fully saturated rings. The first-order valence-electron chi connectivity index (χ1n) is 1.59. The van der Waals surface area contributed by atoms with Crippen molar-refractivity contribution in [2.24, 2.45) is 0 Å². The van der Waals surface area contributed by atoms with Crippen LogP contribution in [0.2, 0.25) is 0 Å². The minimum absolute atomic E-state index is 0. The van der Waals surface area contributed by atoms with Gasteiger partial charge in [0, 0.05) is 6.54 Å². The molecule has 0 saturated heterocycles. The Morgan fingerprint density at radius 2 is 2.50 bits per heavy atom. The molecule has 1 N–H and O–H groups in total. The summed E-state index contributed by atoms with van der Waals surface area (Å²) in [5.41, 5.74) is 0. The van der Waals surface area contributed by atoms with E-state index in [0.717, 1.165) is 6.54 Å². The van der Waals surface area contributed by atoms with Crippen molar-refractivity contribution in [3.63, 3.8) is 0 Å².